The molecule has 0 saturated heterocycles. The van der Waals surface area contributed by atoms with Crippen molar-refractivity contribution in [3.8, 4) is 0 Å². The number of aryl methyl sites for hydroxylation is 3. The number of fused-ring (bicyclic) bond motifs is 1. The highest BCUT2D eigenvalue weighted by atomic mass is 16.2. The van der Waals surface area contributed by atoms with Gasteiger partial charge in [-0.3, -0.25) is 23.1 Å². The van der Waals surface area contributed by atoms with E-state index in [2.05, 4.69) is 0 Å². The molecule has 0 amide bonds. The van der Waals surface area contributed by atoms with Gasteiger partial charge in [0.2, 0.25) is 0 Å². The van der Waals surface area contributed by atoms with Crippen LogP contribution in [0, 0.1) is 0 Å². The molecule has 0 aliphatic carbocycles. The molecule has 0 fully saturated rings. The topological polar surface area (TPSA) is 70.9 Å². The molecule has 0 atom stereocenters. The smallest absolute Gasteiger partial charge is 0.286 e. The Morgan fingerprint density at radius 2 is 1.44 bits per heavy atom. The lowest BCUT2D eigenvalue weighted by Gasteiger charge is -2.05. The Morgan fingerprint density at radius 1 is 0.889 bits per heavy atom. The molecule has 2 rings (SSSR count). The lowest BCUT2D eigenvalue weighted by molar-refractivity contribution is 0.648. The molecule has 2 aromatic heterocycles. The van der Waals surface area contributed by atoms with Crippen molar-refractivity contribution in [2.75, 3.05) is 0 Å². The van der Waals surface area contributed by atoms with Crippen molar-refractivity contribution in [1.82, 2.24) is 18.3 Å². The van der Waals surface area contributed by atoms with E-state index >= 15 is 0 Å². The summed E-state index contributed by atoms with van der Waals surface area (Å²) in [6.45, 7) is 2.39. The van der Waals surface area contributed by atoms with Gasteiger partial charge in [0.15, 0.2) is 11.2 Å². The zero-order valence-corrected chi connectivity index (χ0v) is 10.9. The van der Waals surface area contributed by atoms with Crippen molar-refractivity contribution in [2.45, 2.75) is 19.9 Å². The maximum absolute atomic E-state index is 12.1. The highest BCUT2D eigenvalue weighted by molar-refractivity contribution is 5.70. The maximum atomic E-state index is 12.1. The van der Waals surface area contributed by atoms with Gasteiger partial charge >= 0.3 is 11.4 Å². The average molecular weight is 251 g/mol. The SMILES string of the molecule is CCCn1c2c(=O)n(C)c(=O)n(C)c2n(C)[11c]1=O. The van der Waals surface area contributed by atoms with Crippen molar-refractivity contribution in [3.63, 3.8) is 0 Å². The number of hydrogen-bond acceptors (Lipinski definition) is 3. The van der Waals surface area contributed by atoms with Gasteiger partial charge in [-0.2, -0.15) is 0 Å². The van der Waals surface area contributed by atoms with Crippen molar-refractivity contribution < 1.29 is 0 Å². The van der Waals surface area contributed by atoms with Gasteiger partial charge in [-0.1, -0.05) is 6.92 Å². The molecule has 0 unspecified atom stereocenters. The minimum atomic E-state index is -0.434. The van der Waals surface area contributed by atoms with Gasteiger partial charge in [0.05, 0.1) is 0 Å². The van der Waals surface area contributed by atoms with Gasteiger partial charge in [-0.15, -0.1) is 0 Å². The molecule has 0 saturated carbocycles. The number of nitrogens with zero attached hydrogens (tertiary/aromatic N) is 4. The lowest BCUT2D eigenvalue weighted by Crippen LogP contribution is -2.37. The Bertz CT molecular complexity index is 788. The molecule has 18 heavy (non-hydrogen) atoms. The van der Waals surface area contributed by atoms with Crippen LogP contribution < -0.4 is 16.9 Å². The third kappa shape index (κ3) is 1.40. The van der Waals surface area contributed by atoms with E-state index in [4.69, 9.17) is 0 Å². The second-order valence-corrected chi connectivity index (χ2v) is 4.37. The van der Waals surface area contributed by atoms with Crippen LogP contribution >= 0.6 is 0 Å². The van der Waals surface area contributed by atoms with E-state index in [9.17, 15) is 14.4 Å². The van der Waals surface area contributed by atoms with Gasteiger partial charge in [0, 0.05) is 27.7 Å². The molecule has 0 radical (unpaired) electrons. The van der Waals surface area contributed by atoms with Crippen LogP contribution in [0.1, 0.15) is 13.3 Å². The molecule has 0 aliphatic heterocycles. The minimum absolute atomic E-state index is 0.273. The van der Waals surface area contributed by atoms with E-state index in [1.807, 2.05) is 6.92 Å². The summed E-state index contributed by atoms with van der Waals surface area (Å²) in [5.41, 5.74) is -0.489. The summed E-state index contributed by atoms with van der Waals surface area (Å²) in [5.74, 6) is 0. The van der Waals surface area contributed by atoms with Crippen molar-refractivity contribution in [2.24, 2.45) is 21.1 Å². The van der Waals surface area contributed by atoms with Crippen LogP contribution in [0.15, 0.2) is 14.4 Å². The molecular formula is C11H16N4O3. The third-order valence-electron chi connectivity index (χ3n) is 3.16. The van der Waals surface area contributed by atoms with E-state index in [0.717, 1.165) is 11.0 Å². The Kier molecular flexibility index (Phi) is 2.76. The largest absolute Gasteiger partial charge is 0.332 e. The molecule has 2 heterocycles. The second kappa shape index (κ2) is 4.01. The highest BCUT2D eigenvalue weighted by Crippen LogP contribution is 2.05. The maximum Gasteiger partial charge on any atom is 0.332 e. The third-order valence-corrected chi connectivity index (χ3v) is 3.16. The first kappa shape index (κ1) is 12.4. The van der Waals surface area contributed by atoms with Gasteiger partial charge in [0.25, 0.3) is 5.56 Å². The fourth-order valence-corrected chi connectivity index (χ4v) is 2.23. The number of aromatic nitrogens is 4. The molecule has 0 spiro atoms. The fourth-order valence-electron chi connectivity index (χ4n) is 2.23. The van der Waals surface area contributed by atoms with Crippen LogP contribution in [-0.2, 0) is 27.7 Å². The van der Waals surface area contributed by atoms with Crippen LogP contribution in [0.4, 0.5) is 0 Å². The molecule has 2 aromatic rings. The van der Waals surface area contributed by atoms with Crippen LogP contribution in [-0.4, -0.2) is 18.3 Å². The molecule has 0 bridgehead atoms. The summed E-state index contributed by atoms with van der Waals surface area (Å²) in [7, 11) is 4.54. The minimum Gasteiger partial charge on any atom is -0.286 e. The summed E-state index contributed by atoms with van der Waals surface area (Å²) in [6.07, 6.45) is 0.741. The first-order chi connectivity index (χ1) is 8.41. The summed E-state index contributed by atoms with van der Waals surface area (Å²) in [6, 6.07) is 0. The van der Waals surface area contributed by atoms with E-state index in [1.165, 1.54) is 20.7 Å². The molecule has 7 nitrogen and oxygen atoms in total. The van der Waals surface area contributed by atoms with Crippen LogP contribution in [0.2, 0.25) is 0 Å². The molecule has 7 heteroatoms. The van der Waals surface area contributed by atoms with Crippen LogP contribution in [0.3, 0.4) is 0 Å². The lowest BCUT2D eigenvalue weighted by atomic mass is 10.3. The number of rotatable bonds is 2. The molecular weight excluding hydrogens is 235 g/mol. The first-order valence-corrected chi connectivity index (χ1v) is 5.77. The Labute approximate surface area is 102 Å². The van der Waals surface area contributed by atoms with E-state index in [-0.39, 0.29) is 11.2 Å². The molecule has 0 aromatic carbocycles. The molecule has 0 aliphatic rings. The summed E-state index contributed by atoms with van der Waals surface area (Å²) in [5, 5.41) is 0. The predicted molar refractivity (Wildman–Crippen MR) is 68.0 cm³/mol. The Hall–Kier alpha value is -2.05. The zero-order chi connectivity index (χ0) is 13.6. The van der Waals surface area contributed by atoms with Crippen molar-refractivity contribution >= 4 is 11.2 Å². The van der Waals surface area contributed by atoms with Crippen LogP contribution in [0.25, 0.3) is 11.2 Å². The fraction of sp³-hybridized carbons (Fsp3) is 0.545. The van der Waals surface area contributed by atoms with Crippen molar-refractivity contribution in [1.29, 1.82) is 0 Å². The number of hydrogen-bond donors (Lipinski definition) is 0. The van der Waals surface area contributed by atoms with E-state index in [1.54, 1.807) is 14.1 Å². The van der Waals surface area contributed by atoms with Gasteiger partial charge in [0.1, 0.15) is 0 Å². The predicted octanol–water partition coefficient (Wildman–Crippen LogP) is -0.853. The summed E-state index contributed by atoms with van der Waals surface area (Å²) < 4.78 is 5.11. The van der Waals surface area contributed by atoms with E-state index in [0.29, 0.717) is 12.2 Å². The normalized spacial score (nSPS) is 11.3. The van der Waals surface area contributed by atoms with Gasteiger partial charge in [-0.05, 0) is 6.42 Å². The van der Waals surface area contributed by atoms with Crippen molar-refractivity contribution in [3.05, 3.63) is 31.3 Å². The summed E-state index contributed by atoms with van der Waals surface area (Å²) in [4.78, 5) is 36.0. The first-order valence-electron chi connectivity index (χ1n) is 5.77. The average Bonchev–Trinajstić information content (AvgIpc) is 2.59. The van der Waals surface area contributed by atoms with Gasteiger partial charge in [-0.25, -0.2) is 9.59 Å². The quantitative estimate of drug-likeness (QED) is 0.698. The number of imidazole rings is 1. The summed E-state index contributed by atoms with van der Waals surface area (Å²) >= 11 is 0. The monoisotopic (exact) mass is 251 g/mol. The highest BCUT2D eigenvalue weighted by Gasteiger charge is 2.18. The molecule has 98 valence electrons. The van der Waals surface area contributed by atoms with Crippen LogP contribution in [0.5, 0.6) is 0 Å². The Morgan fingerprint density at radius 3 is 2.00 bits per heavy atom. The molecule has 0 N–H and O–H groups in total. The Balaban J connectivity index is 3.17. The van der Waals surface area contributed by atoms with Gasteiger partial charge < -0.3 is 0 Å². The van der Waals surface area contributed by atoms with E-state index < -0.39 is 11.2 Å². The zero-order valence-electron chi connectivity index (χ0n) is 10.9. The standard InChI is InChI=1S/C11H16N4O3/c1-5-6-15-7-8(13(3)11(15)18)12(2)10(17)14(4)9(7)16/h5-6H2,1-4H3/i11-1. The second-order valence-electron chi connectivity index (χ2n) is 4.37.